The van der Waals surface area contributed by atoms with E-state index in [4.69, 9.17) is 11.6 Å². The number of aromatic amines is 1. The fourth-order valence-electron chi connectivity index (χ4n) is 2.99. The Hall–Kier alpha value is -2.86. The minimum Gasteiger partial charge on any atom is -0.388 e. The minimum absolute atomic E-state index is 0.0506. The second-order valence-electron chi connectivity index (χ2n) is 5.79. The van der Waals surface area contributed by atoms with Crippen LogP contribution in [0.4, 0.5) is 5.69 Å². The summed E-state index contributed by atoms with van der Waals surface area (Å²) in [5, 5.41) is 6.59. The lowest BCUT2D eigenvalue weighted by Gasteiger charge is -2.11. The Bertz CT molecular complexity index is 966. The van der Waals surface area contributed by atoms with E-state index in [0.717, 1.165) is 34.8 Å². The molecule has 1 amide bonds. The summed E-state index contributed by atoms with van der Waals surface area (Å²) < 4.78 is 0. The van der Waals surface area contributed by atoms with Crippen molar-refractivity contribution in [1.29, 1.82) is 0 Å². The molecule has 7 heteroatoms. The highest BCUT2D eigenvalue weighted by Gasteiger charge is 2.20. The number of anilines is 1. The fraction of sp³-hybridized carbons (Fsp3) is 0.167. The monoisotopic (exact) mass is 353 g/mol. The zero-order valence-electron chi connectivity index (χ0n) is 13.6. The maximum absolute atomic E-state index is 12.0. The van der Waals surface area contributed by atoms with Crippen LogP contribution in [0, 0.1) is 0 Å². The molecule has 25 heavy (non-hydrogen) atoms. The third kappa shape index (κ3) is 2.85. The molecule has 0 fully saturated rings. The molecule has 0 saturated heterocycles. The molecule has 0 radical (unpaired) electrons. The van der Waals surface area contributed by atoms with Gasteiger partial charge in [-0.1, -0.05) is 11.6 Å². The molecule has 6 nitrogen and oxygen atoms in total. The Morgan fingerprint density at radius 2 is 2.08 bits per heavy atom. The smallest absolute Gasteiger partial charge is 0.253 e. The van der Waals surface area contributed by atoms with Gasteiger partial charge in [-0.25, -0.2) is 9.97 Å². The average molecular weight is 354 g/mol. The number of carbonyl (C=O) groups excluding carboxylic acids is 1. The third-order valence-corrected chi connectivity index (χ3v) is 4.46. The first kappa shape index (κ1) is 15.7. The number of H-pyrrole nitrogens is 1. The van der Waals surface area contributed by atoms with Gasteiger partial charge in [-0.05, 0) is 30.3 Å². The lowest BCUT2D eigenvalue weighted by atomic mass is 10.1. The number of hydrogen-bond acceptors (Lipinski definition) is 4. The van der Waals surface area contributed by atoms with E-state index in [1.165, 1.54) is 0 Å². The zero-order chi connectivity index (χ0) is 17.4. The topological polar surface area (TPSA) is 82.7 Å². The summed E-state index contributed by atoms with van der Waals surface area (Å²) in [4.78, 5) is 24.3. The summed E-state index contributed by atoms with van der Waals surface area (Å²) in [5.74, 6) is 0.520. The van der Waals surface area contributed by atoms with Gasteiger partial charge in [0, 0.05) is 48.2 Å². The second-order valence-corrected chi connectivity index (χ2v) is 6.22. The van der Waals surface area contributed by atoms with E-state index in [1.54, 1.807) is 6.20 Å². The van der Waals surface area contributed by atoms with E-state index in [-0.39, 0.29) is 5.91 Å². The molecule has 0 unspecified atom stereocenters. The normalized spacial score (nSPS) is 13.3. The number of hydrogen-bond donors (Lipinski definition) is 3. The predicted molar refractivity (Wildman–Crippen MR) is 97.8 cm³/mol. The number of aromatic nitrogens is 3. The van der Waals surface area contributed by atoms with Gasteiger partial charge in [-0.2, -0.15) is 0 Å². The van der Waals surface area contributed by atoms with Crippen molar-refractivity contribution in [1.82, 2.24) is 20.3 Å². The molecule has 1 aliphatic heterocycles. The molecular weight excluding hydrogens is 338 g/mol. The van der Waals surface area contributed by atoms with E-state index in [9.17, 15) is 4.79 Å². The first-order valence-electron chi connectivity index (χ1n) is 7.97. The van der Waals surface area contributed by atoms with Gasteiger partial charge in [-0.15, -0.1) is 0 Å². The molecule has 2 aromatic heterocycles. The average Bonchev–Trinajstić information content (AvgIpc) is 3.08. The van der Waals surface area contributed by atoms with Gasteiger partial charge in [0.05, 0.1) is 17.0 Å². The number of halogens is 1. The summed E-state index contributed by atoms with van der Waals surface area (Å²) in [6.45, 7) is 0.648. The number of rotatable bonds is 3. The number of carbonyl (C=O) groups is 1. The molecule has 0 aliphatic carbocycles. The molecular formula is C18H16ClN5O. The standard InChI is InChI=1S/C18H16ClN5O/c1-20-13-3-2-10(19)8-11(13)17-21-6-5-15(24-17)16-9-12-14(23-16)4-7-22-18(12)25/h2-3,5-6,8-9,20,23H,4,7H2,1H3,(H,22,25). The molecule has 3 N–H and O–H groups in total. The van der Waals surface area contributed by atoms with Crippen LogP contribution in [0.5, 0.6) is 0 Å². The van der Waals surface area contributed by atoms with Gasteiger partial charge in [0.2, 0.25) is 0 Å². The van der Waals surface area contributed by atoms with Crippen molar-refractivity contribution in [2.45, 2.75) is 6.42 Å². The molecule has 1 aromatic carbocycles. The Balaban J connectivity index is 1.78. The fourth-order valence-corrected chi connectivity index (χ4v) is 3.16. The highest BCUT2D eigenvalue weighted by atomic mass is 35.5. The second kappa shape index (κ2) is 6.22. The Morgan fingerprint density at radius 3 is 2.88 bits per heavy atom. The van der Waals surface area contributed by atoms with Crippen molar-refractivity contribution in [3.63, 3.8) is 0 Å². The molecule has 3 heterocycles. The van der Waals surface area contributed by atoms with Crippen LogP contribution in [0.3, 0.4) is 0 Å². The van der Waals surface area contributed by atoms with Crippen LogP contribution in [0.25, 0.3) is 22.8 Å². The Morgan fingerprint density at radius 1 is 1.20 bits per heavy atom. The van der Waals surface area contributed by atoms with Crippen LogP contribution < -0.4 is 10.6 Å². The van der Waals surface area contributed by atoms with Crippen molar-refractivity contribution < 1.29 is 4.79 Å². The number of amides is 1. The van der Waals surface area contributed by atoms with E-state index in [1.807, 2.05) is 37.4 Å². The lowest BCUT2D eigenvalue weighted by molar-refractivity contribution is 0.0946. The first-order valence-corrected chi connectivity index (χ1v) is 8.34. The van der Waals surface area contributed by atoms with Crippen molar-refractivity contribution in [2.24, 2.45) is 0 Å². The van der Waals surface area contributed by atoms with Gasteiger partial charge < -0.3 is 15.6 Å². The minimum atomic E-state index is -0.0506. The van der Waals surface area contributed by atoms with Crippen molar-refractivity contribution >= 4 is 23.2 Å². The van der Waals surface area contributed by atoms with E-state index in [0.29, 0.717) is 23.0 Å². The van der Waals surface area contributed by atoms with E-state index in [2.05, 4.69) is 25.6 Å². The van der Waals surface area contributed by atoms with Crippen LogP contribution in [-0.4, -0.2) is 34.5 Å². The summed E-state index contributed by atoms with van der Waals surface area (Å²) in [6, 6.07) is 9.21. The van der Waals surface area contributed by atoms with Crippen molar-refractivity contribution in [2.75, 3.05) is 18.9 Å². The van der Waals surface area contributed by atoms with E-state index >= 15 is 0 Å². The maximum Gasteiger partial charge on any atom is 0.253 e. The van der Waals surface area contributed by atoms with Crippen molar-refractivity contribution in [3.8, 4) is 22.8 Å². The highest BCUT2D eigenvalue weighted by Crippen LogP contribution is 2.30. The summed E-state index contributed by atoms with van der Waals surface area (Å²) in [6.07, 6.45) is 2.50. The molecule has 0 atom stereocenters. The van der Waals surface area contributed by atoms with Crippen molar-refractivity contribution in [3.05, 3.63) is 52.8 Å². The summed E-state index contributed by atoms with van der Waals surface area (Å²) in [7, 11) is 1.84. The van der Waals surface area contributed by atoms with Crippen LogP contribution in [0.15, 0.2) is 36.5 Å². The number of fused-ring (bicyclic) bond motifs is 1. The van der Waals surface area contributed by atoms with Crippen LogP contribution >= 0.6 is 11.6 Å². The molecule has 3 aromatic rings. The third-order valence-electron chi connectivity index (χ3n) is 4.23. The van der Waals surface area contributed by atoms with Gasteiger partial charge >= 0.3 is 0 Å². The molecule has 1 aliphatic rings. The zero-order valence-corrected chi connectivity index (χ0v) is 14.3. The lowest BCUT2D eigenvalue weighted by Crippen LogP contribution is -2.31. The number of benzene rings is 1. The summed E-state index contributed by atoms with van der Waals surface area (Å²) >= 11 is 6.13. The van der Waals surface area contributed by atoms with Crippen LogP contribution in [0.2, 0.25) is 5.02 Å². The molecule has 126 valence electrons. The summed E-state index contributed by atoms with van der Waals surface area (Å²) in [5.41, 5.74) is 4.88. The van der Waals surface area contributed by atoms with Gasteiger partial charge in [0.1, 0.15) is 0 Å². The van der Waals surface area contributed by atoms with Gasteiger partial charge in [-0.3, -0.25) is 4.79 Å². The van der Waals surface area contributed by atoms with Crippen LogP contribution in [-0.2, 0) is 6.42 Å². The first-order chi connectivity index (χ1) is 12.2. The quantitative estimate of drug-likeness (QED) is 0.675. The largest absolute Gasteiger partial charge is 0.388 e. The van der Waals surface area contributed by atoms with Gasteiger partial charge in [0.25, 0.3) is 5.91 Å². The molecule has 4 rings (SSSR count). The van der Waals surface area contributed by atoms with Crippen LogP contribution in [0.1, 0.15) is 16.1 Å². The predicted octanol–water partition coefficient (Wildman–Crippen LogP) is 3.12. The molecule has 0 spiro atoms. The van der Waals surface area contributed by atoms with E-state index < -0.39 is 0 Å². The Kier molecular flexibility index (Phi) is 3.89. The number of nitrogens with one attached hydrogen (secondary N) is 3. The highest BCUT2D eigenvalue weighted by molar-refractivity contribution is 6.31. The number of nitrogens with zero attached hydrogens (tertiary/aromatic N) is 2. The SMILES string of the molecule is CNc1ccc(Cl)cc1-c1nccc(-c2cc3c([nH]2)CCNC3=O)n1. The van der Waals surface area contributed by atoms with Gasteiger partial charge in [0.15, 0.2) is 5.82 Å². The Labute approximate surface area is 149 Å². The molecule has 0 bridgehead atoms. The molecule has 0 saturated carbocycles. The maximum atomic E-state index is 12.0.